The number of imidazole rings is 1. The van der Waals surface area contributed by atoms with Crippen LogP contribution < -0.4 is 0 Å². The molecule has 0 saturated heterocycles. The number of aromatic nitrogens is 4. The molecule has 23 heavy (non-hydrogen) atoms. The fourth-order valence-corrected chi connectivity index (χ4v) is 2.47. The van der Waals surface area contributed by atoms with Gasteiger partial charge in [-0.05, 0) is 30.3 Å². The molecule has 0 aliphatic carbocycles. The molecule has 2 heterocycles. The molecule has 0 saturated carbocycles. The quantitative estimate of drug-likeness (QED) is 0.587. The van der Waals surface area contributed by atoms with Gasteiger partial charge in [0.15, 0.2) is 0 Å². The van der Waals surface area contributed by atoms with E-state index in [1.54, 1.807) is 6.07 Å². The van der Waals surface area contributed by atoms with E-state index in [0.717, 1.165) is 12.1 Å². The van der Waals surface area contributed by atoms with E-state index in [2.05, 4.69) is 20.2 Å². The van der Waals surface area contributed by atoms with Gasteiger partial charge in [-0.15, -0.1) is 0 Å². The Kier molecular flexibility index (Phi) is 2.94. The van der Waals surface area contributed by atoms with Crippen LogP contribution in [0.1, 0.15) is 0 Å². The average molecular weight is 314 g/mol. The molecule has 0 aliphatic rings. The van der Waals surface area contributed by atoms with Gasteiger partial charge in [0.2, 0.25) is 0 Å². The molecule has 0 atom stereocenters. The molecule has 0 fully saturated rings. The highest BCUT2D eigenvalue weighted by Crippen LogP contribution is 2.31. The van der Waals surface area contributed by atoms with Crippen molar-refractivity contribution < 1.29 is 13.2 Å². The van der Waals surface area contributed by atoms with Crippen LogP contribution in [0.2, 0.25) is 0 Å². The number of H-pyrrole nitrogens is 2. The maximum atomic E-state index is 14.0. The number of aromatic amines is 2. The van der Waals surface area contributed by atoms with Crippen molar-refractivity contribution in [3.8, 4) is 22.6 Å². The molecule has 4 rings (SSSR count). The topological polar surface area (TPSA) is 57.4 Å². The average Bonchev–Trinajstić information content (AvgIpc) is 3.12. The molecule has 2 N–H and O–H groups in total. The van der Waals surface area contributed by atoms with Crippen molar-refractivity contribution in [2.24, 2.45) is 0 Å². The van der Waals surface area contributed by atoms with Gasteiger partial charge < -0.3 is 4.98 Å². The number of hydrogen-bond acceptors (Lipinski definition) is 2. The summed E-state index contributed by atoms with van der Waals surface area (Å²) in [5.74, 6) is -1.34. The summed E-state index contributed by atoms with van der Waals surface area (Å²) in [5, 5.41) is 6.60. The number of halogens is 3. The van der Waals surface area contributed by atoms with Crippen LogP contribution in [0.4, 0.5) is 13.2 Å². The Morgan fingerprint density at radius 2 is 1.65 bits per heavy atom. The van der Waals surface area contributed by atoms with E-state index >= 15 is 0 Å². The van der Waals surface area contributed by atoms with Gasteiger partial charge in [-0.3, -0.25) is 5.10 Å². The number of hydrogen-bond donors (Lipinski definition) is 2. The van der Waals surface area contributed by atoms with Crippen LogP contribution >= 0.6 is 0 Å². The smallest absolute Gasteiger partial charge is 0.142 e. The molecule has 2 aromatic heterocycles. The molecule has 0 unspecified atom stereocenters. The second-order valence-corrected chi connectivity index (χ2v) is 5.03. The molecule has 7 heteroatoms. The summed E-state index contributed by atoms with van der Waals surface area (Å²) >= 11 is 0. The lowest BCUT2D eigenvalue weighted by Crippen LogP contribution is -1.89. The van der Waals surface area contributed by atoms with E-state index in [0.29, 0.717) is 28.1 Å². The van der Waals surface area contributed by atoms with Crippen molar-refractivity contribution >= 4 is 11.0 Å². The Labute approximate surface area is 128 Å². The van der Waals surface area contributed by atoms with Crippen LogP contribution in [-0.4, -0.2) is 20.2 Å². The number of nitrogens with one attached hydrogen (secondary N) is 2. The number of rotatable bonds is 2. The summed E-state index contributed by atoms with van der Waals surface area (Å²) in [7, 11) is 0. The molecule has 4 aromatic rings. The van der Waals surface area contributed by atoms with Gasteiger partial charge >= 0.3 is 0 Å². The standard InChI is InChI=1S/C16H9F3N4/c17-8-1-3-10(12(19)5-8)15-11(7-20-23-15)16-21-13-4-2-9(18)6-14(13)22-16/h1-7H,(H,20,23)(H,21,22). The van der Waals surface area contributed by atoms with E-state index in [-0.39, 0.29) is 11.4 Å². The summed E-state index contributed by atoms with van der Waals surface area (Å²) < 4.78 is 40.3. The summed E-state index contributed by atoms with van der Waals surface area (Å²) in [6, 6.07) is 7.46. The third-order valence-corrected chi connectivity index (χ3v) is 3.54. The molecule has 0 aliphatic heterocycles. The van der Waals surface area contributed by atoms with Crippen LogP contribution in [0.5, 0.6) is 0 Å². The lowest BCUT2D eigenvalue weighted by atomic mass is 10.1. The van der Waals surface area contributed by atoms with Gasteiger partial charge in [0.05, 0.1) is 28.5 Å². The van der Waals surface area contributed by atoms with Crippen molar-refractivity contribution in [2.45, 2.75) is 0 Å². The van der Waals surface area contributed by atoms with Crippen molar-refractivity contribution in [3.05, 3.63) is 60.0 Å². The lowest BCUT2D eigenvalue weighted by molar-refractivity contribution is 0.585. The maximum absolute atomic E-state index is 14.0. The Hall–Kier alpha value is -3.09. The van der Waals surface area contributed by atoms with Gasteiger partial charge in [0.25, 0.3) is 0 Å². The van der Waals surface area contributed by atoms with E-state index in [4.69, 9.17) is 0 Å². The van der Waals surface area contributed by atoms with Gasteiger partial charge in [0, 0.05) is 11.6 Å². The first-order valence-electron chi connectivity index (χ1n) is 6.76. The highest BCUT2D eigenvalue weighted by atomic mass is 19.1. The zero-order valence-corrected chi connectivity index (χ0v) is 11.6. The van der Waals surface area contributed by atoms with Gasteiger partial charge in [-0.25, -0.2) is 18.2 Å². The maximum Gasteiger partial charge on any atom is 0.142 e. The highest BCUT2D eigenvalue weighted by molar-refractivity contribution is 5.84. The third-order valence-electron chi connectivity index (χ3n) is 3.54. The Balaban J connectivity index is 1.88. The summed E-state index contributed by atoms with van der Waals surface area (Å²) in [6.45, 7) is 0. The number of benzene rings is 2. The monoisotopic (exact) mass is 314 g/mol. The predicted octanol–water partition coefficient (Wildman–Crippen LogP) is 4.04. The van der Waals surface area contributed by atoms with E-state index in [9.17, 15) is 13.2 Å². The Morgan fingerprint density at radius 1 is 0.870 bits per heavy atom. The van der Waals surface area contributed by atoms with Crippen LogP contribution in [0.3, 0.4) is 0 Å². The second kappa shape index (κ2) is 4.98. The zero-order chi connectivity index (χ0) is 16.0. The normalized spacial score (nSPS) is 11.3. The summed E-state index contributed by atoms with van der Waals surface area (Å²) in [6.07, 6.45) is 1.48. The molecule has 0 spiro atoms. The first-order valence-corrected chi connectivity index (χ1v) is 6.76. The van der Waals surface area contributed by atoms with Crippen LogP contribution in [-0.2, 0) is 0 Å². The Bertz CT molecular complexity index is 1020. The fraction of sp³-hybridized carbons (Fsp3) is 0. The minimum absolute atomic E-state index is 0.172. The molecule has 0 amide bonds. The van der Waals surface area contributed by atoms with Crippen molar-refractivity contribution in [2.75, 3.05) is 0 Å². The molecule has 0 radical (unpaired) electrons. The molecule has 0 bridgehead atoms. The van der Waals surface area contributed by atoms with Gasteiger partial charge in [-0.2, -0.15) is 5.10 Å². The minimum Gasteiger partial charge on any atom is -0.338 e. The van der Waals surface area contributed by atoms with Crippen molar-refractivity contribution in [1.82, 2.24) is 20.2 Å². The van der Waals surface area contributed by atoms with Crippen LogP contribution in [0.25, 0.3) is 33.7 Å². The summed E-state index contributed by atoms with van der Waals surface area (Å²) in [4.78, 5) is 7.32. The number of nitrogens with zero attached hydrogens (tertiary/aromatic N) is 2. The van der Waals surface area contributed by atoms with Gasteiger partial charge in [-0.1, -0.05) is 0 Å². The van der Waals surface area contributed by atoms with Crippen LogP contribution in [0.15, 0.2) is 42.6 Å². The molecular weight excluding hydrogens is 305 g/mol. The first-order chi connectivity index (χ1) is 11.1. The van der Waals surface area contributed by atoms with E-state index < -0.39 is 11.6 Å². The zero-order valence-electron chi connectivity index (χ0n) is 11.6. The predicted molar refractivity (Wildman–Crippen MR) is 79.0 cm³/mol. The van der Waals surface area contributed by atoms with Crippen LogP contribution in [0, 0.1) is 17.5 Å². The molecule has 2 aromatic carbocycles. The lowest BCUT2D eigenvalue weighted by Gasteiger charge is -2.03. The Morgan fingerprint density at radius 3 is 2.48 bits per heavy atom. The first kappa shape index (κ1) is 13.6. The van der Waals surface area contributed by atoms with Gasteiger partial charge in [0.1, 0.15) is 23.3 Å². The van der Waals surface area contributed by atoms with Crippen molar-refractivity contribution in [3.63, 3.8) is 0 Å². The fourth-order valence-electron chi connectivity index (χ4n) is 2.47. The minimum atomic E-state index is -0.711. The highest BCUT2D eigenvalue weighted by Gasteiger charge is 2.17. The van der Waals surface area contributed by atoms with Crippen molar-refractivity contribution in [1.29, 1.82) is 0 Å². The van der Waals surface area contributed by atoms with E-state index in [1.807, 2.05) is 0 Å². The molecule has 114 valence electrons. The largest absolute Gasteiger partial charge is 0.338 e. The number of fused-ring (bicyclic) bond motifs is 1. The molecule has 4 nitrogen and oxygen atoms in total. The van der Waals surface area contributed by atoms with E-state index in [1.165, 1.54) is 24.4 Å². The summed E-state index contributed by atoms with van der Waals surface area (Å²) in [5.41, 5.74) is 2.14. The second-order valence-electron chi connectivity index (χ2n) is 5.03. The SMILES string of the molecule is Fc1ccc(-c2[nH]ncc2-c2nc3ccc(F)cc3[nH]2)c(F)c1. The third kappa shape index (κ3) is 2.26. The molecular formula is C16H9F3N4.